The number of carbonyl (C=O) groups excluding carboxylic acids is 1. The zero-order valence-corrected chi connectivity index (χ0v) is 18.7. The van der Waals surface area contributed by atoms with Crippen molar-refractivity contribution in [3.8, 4) is 0 Å². The molecule has 0 radical (unpaired) electrons. The molecule has 0 spiro atoms. The summed E-state index contributed by atoms with van der Waals surface area (Å²) < 4.78 is 1.00. The highest BCUT2D eigenvalue weighted by Crippen LogP contribution is 2.34. The van der Waals surface area contributed by atoms with E-state index in [0.29, 0.717) is 27.9 Å². The molecule has 30 heavy (non-hydrogen) atoms. The molecule has 4 rings (SSSR count). The number of nitrogens with zero attached hydrogens (tertiary/aromatic N) is 5. The number of thiazole rings is 1. The maximum atomic E-state index is 13.4. The van der Waals surface area contributed by atoms with Crippen LogP contribution >= 0.6 is 22.9 Å². The van der Waals surface area contributed by atoms with Crippen molar-refractivity contribution >= 4 is 55.2 Å². The lowest BCUT2D eigenvalue weighted by molar-refractivity contribution is 0.0981. The van der Waals surface area contributed by atoms with Crippen LogP contribution in [0, 0.1) is 6.92 Å². The number of amides is 1. The molecular formula is C22H22ClN5OS. The predicted molar refractivity (Wildman–Crippen MR) is 124 cm³/mol. The molecule has 0 aliphatic carbocycles. The minimum Gasteiger partial charge on any atom is -0.309 e. The van der Waals surface area contributed by atoms with Crippen molar-refractivity contribution in [2.75, 3.05) is 32.1 Å². The van der Waals surface area contributed by atoms with Crippen molar-refractivity contribution in [2.45, 2.75) is 13.3 Å². The standard InChI is InChI=1S/C22H22ClN5OS/c1-14-15(23)9-10-19-20(14)26-22(30-19)28(12-6-11-27(2)3)21(29)18-13-24-16-7-4-5-8-17(16)25-18/h4-5,7-10,13H,6,11-12H2,1-3H3. The number of hydrogen-bond acceptors (Lipinski definition) is 6. The van der Waals surface area contributed by atoms with Gasteiger partial charge in [0.25, 0.3) is 5.91 Å². The molecule has 1 amide bonds. The number of hydrogen-bond donors (Lipinski definition) is 0. The highest BCUT2D eigenvalue weighted by molar-refractivity contribution is 7.22. The molecule has 0 N–H and O–H groups in total. The summed E-state index contributed by atoms with van der Waals surface area (Å²) in [6.45, 7) is 3.35. The second kappa shape index (κ2) is 8.63. The molecule has 0 unspecified atom stereocenters. The Kier molecular flexibility index (Phi) is 5.94. The van der Waals surface area contributed by atoms with E-state index in [1.54, 1.807) is 11.1 Å². The third-order valence-electron chi connectivity index (χ3n) is 4.87. The molecule has 2 heterocycles. The molecule has 0 aliphatic rings. The number of carbonyl (C=O) groups is 1. The molecule has 0 saturated carbocycles. The van der Waals surface area contributed by atoms with Crippen LogP contribution in [0.2, 0.25) is 5.02 Å². The number of anilines is 1. The first-order valence-electron chi connectivity index (χ1n) is 9.68. The summed E-state index contributed by atoms with van der Waals surface area (Å²) in [5.41, 5.74) is 3.52. The number of para-hydroxylation sites is 2. The fourth-order valence-corrected chi connectivity index (χ4v) is 4.43. The van der Waals surface area contributed by atoms with Crippen molar-refractivity contribution < 1.29 is 4.79 Å². The van der Waals surface area contributed by atoms with Crippen molar-refractivity contribution in [1.29, 1.82) is 0 Å². The second-order valence-corrected chi connectivity index (χ2v) is 8.79. The first-order chi connectivity index (χ1) is 14.4. The SMILES string of the molecule is Cc1c(Cl)ccc2sc(N(CCCN(C)C)C(=O)c3cnc4ccccc4n3)nc12. The van der Waals surface area contributed by atoms with Crippen LogP contribution in [-0.2, 0) is 0 Å². The Morgan fingerprint density at radius 2 is 1.83 bits per heavy atom. The zero-order valence-electron chi connectivity index (χ0n) is 17.1. The van der Waals surface area contributed by atoms with Crippen molar-refractivity contribution in [2.24, 2.45) is 0 Å². The molecule has 154 valence electrons. The van der Waals surface area contributed by atoms with E-state index in [-0.39, 0.29) is 5.91 Å². The summed E-state index contributed by atoms with van der Waals surface area (Å²) in [5.74, 6) is -0.199. The fourth-order valence-electron chi connectivity index (χ4n) is 3.23. The Bertz CT molecular complexity index is 1220. The predicted octanol–water partition coefficient (Wildman–Crippen LogP) is 4.80. The lowest BCUT2D eigenvalue weighted by Crippen LogP contribution is -2.34. The van der Waals surface area contributed by atoms with Gasteiger partial charge in [0.2, 0.25) is 0 Å². The van der Waals surface area contributed by atoms with Crippen LogP contribution in [-0.4, -0.2) is 52.9 Å². The quantitative estimate of drug-likeness (QED) is 0.431. The molecule has 0 fully saturated rings. The van der Waals surface area contributed by atoms with E-state index in [1.807, 2.05) is 57.4 Å². The Hall–Kier alpha value is -2.61. The third kappa shape index (κ3) is 4.14. The van der Waals surface area contributed by atoms with Crippen molar-refractivity contribution in [1.82, 2.24) is 19.9 Å². The molecule has 0 bridgehead atoms. The first kappa shape index (κ1) is 20.7. The summed E-state index contributed by atoms with van der Waals surface area (Å²) >= 11 is 7.76. The summed E-state index contributed by atoms with van der Waals surface area (Å²) in [6.07, 6.45) is 2.36. The number of rotatable bonds is 6. The second-order valence-electron chi connectivity index (χ2n) is 7.37. The van der Waals surface area contributed by atoms with Crippen molar-refractivity contribution in [3.05, 3.63) is 58.9 Å². The van der Waals surface area contributed by atoms with Gasteiger partial charge in [0.05, 0.1) is 27.4 Å². The summed E-state index contributed by atoms with van der Waals surface area (Å²) in [6, 6.07) is 11.4. The van der Waals surface area contributed by atoms with Gasteiger partial charge in [-0.25, -0.2) is 9.97 Å². The molecule has 2 aromatic heterocycles. The molecule has 6 nitrogen and oxygen atoms in total. The van der Waals surface area contributed by atoms with Gasteiger partial charge < -0.3 is 4.90 Å². The largest absolute Gasteiger partial charge is 0.309 e. The minimum absolute atomic E-state index is 0.199. The number of aryl methyl sites for hydroxylation is 1. The molecule has 0 saturated heterocycles. The lowest BCUT2D eigenvalue weighted by Gasteiger charge is -2.20. The van der Waals surface area contributed by atoms with Gasteiger partial charge in [-0.15, -0.1) is 0 Å². The van der Waals surface area contributed by atoms with E-state index in [9.17, 15) is 4.79 Å². The van der Waals surface area contributed by atoms with E-state index < -0.39 is 0 Å². The van der Waals surface area contributed by atoms with Gasteiger partial charge >= 0.3 is 0 Å². The summed E-state index contributed by atoms with van der Waals surface area (Å²) in [5, 5.41) is 1.32. The Labute approximate surface area is 184 Å². The van der Waals surface area contributed by atoms with Crippen LogP contribution < -0.4 is 4.90 Å². The van der Waals surface area contributed by atoms with Gasteiger partial charge in [-0.05, 0) is 63.8 Å². The lowest BCUT2D eigenvalue weighted by atomic mass is 10.2. The Balaban J connectivity index is 1.73. The zero-order chi connectivity index (χ0) is 21.3. The Morgan fingerprint density at radius 1 is 1.07 bits per heavy atom. The number of aromatic nitrogens is 3. The van der Waals surface area contributed by atoms with Crippen LogP contribution in [0.15, 0.2) is 42.6 Å². The fraction of sp³-hybridized carbons (Fsp3) is 0.273. The molecular weight excluding hydrogens is 418 g/mol. The molecule has 4 aromatic rings. The summed E-state index contributed by atoms with van der Waals surface area (Å²) in [4.78, 5) is 31.0. The van der Waals surface area contributed by atoms with Gasteiger partial charge in [-0.2, -0.15) is 0 Å². The maximum Gasteiger partial charge on any atom is 0.280 e. The molecule has 8 heteroatoms. The van der Waals surface area contributed by atoms with Gasteiger partial charge in [0.15, 0.2) is 5.13 Å². The normalized spacial score (nSPS) is 11.5. The highest BCUT2D eigenvalue weighted by atomic mass is 35.5. The minimum atomic E-state index is -0.199. The van der Waals surface area contributed by atoms with Crippen LogP contribution in [0.5, 0.6) is 0 Å². The van der Waals surface area contributed by atoms with Gasteiger partial charge in [-0.1, -0.05) is 35.1 Å². The number of halogens is 1. The van der Waals surface area contributed by atoms with Gasteiger partial charge in [-0.3, -0.25) is 14.7 Å². The molecule has 2 aromatic carbocycles. The monoisotopic (exact) mass is 439 g/mol. The van der Waals surface area contributed by atoms with Crippen LogP contribution in [0.3, 0.4) is 0 Å². The average molecular weight is 440 g/mol. The number of benzene rings is 2. The van der Waals surface area contributed by atoms with Crippen LogP contribution in [0.25, 0.3) is 21.3 Å². The smallest absolute Gasteiger partial charge is 0.280 e. The van der Waals surface area contributed by atoms with E-state index >= 15 is 0 Å². The van der Waals surface area contributed by atoms with Gasteiger partial charge in [0, 0.05) is 11.6 Å². The van der Waals surface area contributed by atoms with E-state index in [2.05, 4.69) is 14.9 Å². The van der Waals surface area contributed by atoms with Crippen molar-refractivity contribution in [3.63, 3.8) is 0 Å². The van der Waals surface area contributed by atoms with Gasteiger partial charge in [0.1, 0.15) is 5.69 Å². The topological polar surface area (TPSA) is 62.2 Å². The third-order valence-corrected chi connectivity index (χ3v) is 6.32. The van der Waals surface area contributed by atoms with Crippen LogP contribution in [0.4, 0.5) is 5.13 Å². The van der Waals surface area contributed by atoms with Crippen LogP contribution in [0.1, 0.15) is 22.5 Å². The first-order valence-corrected chi connectivity index (χ1v) is 10.9. The number of fused-ring (bicyclic) bond motifs is 2. The van der Waals surface area contributed by atoms with E-state index in [4.69, 9.17) is 16.6 Å². The highest BCUT2D eigenvalue weighted by Gasteiger charge is 2.23. The summed E-state index contributed by atoms with van der Waals surface area (Å²) in [7, 11) is 4.04. The molecule has 0 aliphatic heterocycles. The van der Waals surface area contributed by atoms with E-state index in [1.165, 1.54) is 11.3 Å². The van der Waals surface area contributed by atoms with E-state index in [0.717, 1.165) is 34.3 Å². The average Bonchev–Trinajstić information content (AvgIpc) is 3.17. The Morgan fingerprint density at radius 3 is 2.60 bits per heavy atom. The maximum absolute atomic E-state index is 13.4. The molecule has 0 atom stereocenters.